The van der Waals surface area contributed by atoms with E-state index in [-0.39, 0.29) is 6.04 Å². The van der Waals surface area contributed by atoms with Gasteiger partial charge in [-0.25, -0.2) is 4.98 Å². The summed E-state index contributed by atoms with van der Waals surface area (Å²) in [5.41, 5.74) is 7.01. The molecule has 0 aromatic carbocycles. The van der Waals surface area contributed by atoms with Gasteiger partial charge in [0.05, 0.1) is 11.7 Å². The highest BCUT2D eigenvalue weighted by Gasteiger charge is 2.18. The zero-order chi connectivity index (χ0) is 13.8. The fraction of sp³-hybridized carbons (Fsp3) is 0.786. The molecule has 1 aliphatic heterocycles. The number of nitrogens with two attached hydrogens (primary N) is 1. The minimum atomic E-state index is 0.0536. The van der Waals surface area contributed by atoms with Crippen LogP contribution in [-0.2, 0) is 6.54 Å². The number of hydrogen-bond acceptors (Lipinski definition) is 5. The van der Waals surface area contributed by atoms with Gasteiger partial charge in [-0.05, 0) is 52.9 Å². The molecule has 1 saturated heterocycles. The van der Waals surface area contributed by atoms with Gasteiger partial charge >= 0.3 is 0 Å². The Morgan fingerprint density at radius 1 is 1.53 bits per heavy atom. The third-order valence-electron chi connectivity index (χ3n) is 3.80. The number of thiazole rings is 1. The Bertz CT molecular complexity index is 383. The smallest absolute Gasteiger partial charge is 0.109 e. The van der Waals surface area contributed by atoms with Gasteiger partial charge in [-0.2, -0.15) is 0 Å². The SMILES string of the molecule is CC(N)c1nc(CN(C)CC2CCN(C)CC2)cs1. The van der Waals surface area contributed by atoms with Crippen molar-refractivity contribution < 1.29 is 0 Å². The van der Waals surface area contributed by atoms with E-state index in [1.54, 1.807) is 11.3 Å². The molecule has 4 nitrogen and oxygen atoms in total. The molecule has 108 valence electrons. The molecule has 2 N–H and O–H groups in total. The van der Waals surface area contributed by atoms with Crippen LogP contribution in [0.2, 0.25) is 0 Å². The second kappa shape index (κ2) is 6.79. The first-order chi connectivity index (χ1) is 9.04. The molecule has 0 saturated carbocycles. The summed E-state index contributed by atoms with van der Waals surface area (Å²) in [7, 11) is 4.41. The van der Waals surface area contributed by atoms with Gasteiger partial charge in [0.1, 0.15) is 5.01 Å². The van der Waals surface area contributed by atoms with Crippen molar-refractivity contribution in [2.24, 2.45) is 11.7 Å². The second-order valence-corrected chi connectivity index (χ2v) is 6.80. The number of rotatable bonds is 5. The van der Waals surface area contributed by atoms with E-state index in [2.05, 4.69) is 34.3 Å². The molecule has 1 aromatic rings. The van der Waals surface area contributed by atoms with Gasteiger partial charge in [-0.1, -0.05) is 0 Å². The van der Waals surface area contributed by atoms with E-state index in [4.69, 9.17) is 5.73 Å². The van der Waals surface area contributed by atoms with Crippen molar-refractivity contribution in [3.63, 3.8) is 0 Å². The van der Waals surface area contributed by atoms with Crippen molar-refractivity contribution in [1.82, 2.24) is 14.8 Å². The summed E-state index contributed by atoms with van der Waals surface area (Å²) in [5.74, 6) is 0.840. The lowest BCUT2D eigenvalue weighted by atomic mass is 9.97. The van der Waals surface area contributed by atoms with E-state index < -0.39 is 0 Å². The van der Waals surface area contributed by atoms with Gasteiger partial charge in [0.2, 0.25) is 0 Å². The van der Waals surface area contributed by atoms with Crippen LogP contribution in [0.25, 0.3) is 0 Å². The van der Waals surface area contributed by atoms with E-state index in [1.165, 1.54) is 32.5 Å². The maximum absolute atomic E-state index is 5.85. The minimum Gasteiger partial charge on any atom is -0.322 e. The topological polar surface area (TPSA) is 45.4 Å². The molecule has 1 aromatic heterocycles. The van der Waals surface area contributed by atoms with Crippen LogP contribution < -0.4 is 5.73 Å². The summed E-state index contributed by atoms with van der Waals surface area (Å²) in [5, 5.41) is 3.19. The van der Waals surface area contributed by atoms with Crippen molar-refractivity contribution in [2.45, 2.75) is 32.4 Å². The van der Waals surface area contributed by atoms with Gasteiger partial charge in [-0.15, -0.1) is 11.3 Å². The average Bonchev–Trinajstić information content (AvgIpc) is 2.80. The lowest BCUT2D eigenvalue weighted by molar-refractivity contribution is 0.173. The van der Waals surface area contributed by atoms with Crippen LogP contribution in [0, 0.1) is 5.92 Å². The Balaban J connectivity index is 1.78. The molecular weight excluding hydrogens is 256 g/mol. The lowest BCUT2D eigenvalue weighted by Gasteiger charge is -2.31. The van der Waals surface area contributed by atoms with Crippen molar-refractivity contribution in [3.05, 3.63) is 16.1 Å². The summed E-state index contributed by atoms with van der Waals surface area (Å²) < 4.78 is 0. The lowest BCUT2D eigenvalue weighted by Crippen LogP contribution is -2.35. The number of hydrogen-bond donors (Lipinski definition) is 1. The molecule has 1 fully saturated rings. The highest BCUT2D eigenvalue weighted by molar-refractivity contribution is 7.09. The van der Waals surface area contributed by atoms with Crippen LogP contribution >= 0.6 is 11.3 Å². The summed E-state index contributed by atoms with van der Waals surface area (Å²) in [6, 6.07) is 0.0536. The minimum absolute atomic E-state index is 0.0536. The maximum Gasteiger partial charge on any atom is 0.109 e. The summed E-state index contributed by atoms with van der Waals surface area (Å²) >= 11 is 1.68. The molecule has 1 aliphatic rings. The molecule has 0 amide bonds. The first-order valence-electron chi connectivity index (χ1n) is 7.11. The number of likely N-dealkylation sites (tertiary alicyclic amines) is 1. The quantitative estimate of drug-likeness (QED) is 0.896. The molecule has 0 radical (unpaired) electrons. The highest BCUT2D eigenvalue weighted by Crippen LogP contribution is 2.19. The molecule has 0 aliphatic carbocycles. The first-order valence-corrected chi connectivity index (χ1v) is 7.99. The molecular formula is C14H26N4S. The van der Waals surface area contributed by atoms with Crippen molar-refractivity contribution >= 4 is 11.3 Å². The van der Waals surface area contributed by atoms with Gasteiger partial charge in [0, 0.05) is 18.5 Å². The van der Waals surface area contributed by atoms with Crippen LogP contribution in [0.15, 0.2) is 5.38 Å². The van der Waals surface area contributed by atoms with Crippen molar-refractivity contribution in [2.75, 3.05) is 33.7 Å². The number of nitrogens with zero attached hydrogens (tertiary/aromatic N) is 3. The summed E-state index contributed by atoms with van der Waals surface area (Å²) in [6.45, 7) is 6.59. The van der Waals surface area contributed by atoms with Crippen LogP contribution in [0.4, 0.5) is 0 Å². The van der Waals surface area contributed by atoms with Gasteiger partial charge in [0.25, 0.3) is 0 Å². The second-order valence-electron chi connectivity index (χ2n) is 5.91. The van der Waals surface area contributed by atoms with Gasteiger partial charge < -0.3 is 15.5 Å². The van der Waals surface area contributed by atoms with Gasteiger partial charge in [0.15, 0.2) is 0 Å². The molecule has 2 rings (SSSR count). The third-order valence-corrected chi connectivity index (χ3v) is 4.89. The predicted molar refractivity (Wildman–Crippen MR) is 81.3 cm³/mol. The Morgan fingerprint density at radius 2 is 2.21 bits per heavy atom. The maximum atomic E-state index is 5.85. The Kier molecular flexibility index (Phi) is 5.33. The van der Waals surface area contributed by atoms with Crippen LogP contribution in [-0.4, -0.2) is 48.5 Å². The average molecular weight is 282 g/mol. The zero-order valence-corrected chi connectivity index (χ0v) is 13.1. The van der Waals surface area contributed by atoms with E-state index in [0.717, 1.165) is 23.2 Å². The summed E-state index contributed by atoms with van der Waals surface area (Å²) in [6.07, 6.45) is 2.64. The van der Waals surface area contributed by atoms with Crippen LogP contribution in [0.3, 0.4) is 0 Å². The van der Waals surface area contributed by atoms with E-state index in [9.17, 15) is 0 Å². The van der Waals surface area contributed by atoms with Crippen molar-refractivity contribution in [1.29, 1.82) is 0 Å². The fourth-order valence-corrected chi connectivity index (χ4v) is 3.40. The fourth-order valence-electron chi connectivity index (χ4n) is 2.63. The Labute approximate surface area is 120 Å². The van der Waals surface area contributed by atoms with E-state index in [1.807, 2.05) is 6.92 Å². The Morgan fingerprint density at radius 3 is 2.79 bits per heavy atom. The molecule has 0 spiro atoms. The molecule has 1 atom stereocenters. The number of aromatic nitrogens is 1. The van der Waals surface area contributed by atoms with Crippen LogP contribution in [0.1, 0.15) is 36.5 Å². The van der Waals surface area contributed by atoms with E-state index in [0.29, 0.717) is 0 Å². The molecule has 5 heteroatoms. The van der Waals surface area contributed by atoms with Crippen molar-refractivity contribution in [3.8, 4) is 0 Å². The van der Waals surface area contributed by atoms with E-state index >= 15 is 0 Å². The highest BCUT2D eigenvalue weighted by atomic mass is 32.1. The molecule has 19 heavy (non-hydrogen) atoms. The first kappa shape index (κ1) is 14.9. The van der Waals surface area contributed by atoms with Gasteiger partial charge in [-0.3, -0.25) is 0 Å². The predicted octanol–water partition coefficient (Wildman–Crippen LogP) is 1.94. The normalized spacial score (nSPS) is 20.1. The molecule has 1 unspecified atom stereocenters. The Hall–Kier alpha value is -0.490. The standard InChI is InChI=1S/C14H26N4S/c1-11(15)14-16-13(10-19-14)9-18(3)8-12-4-6-17(2)7-5-12/h10-12H,4-9,15H2,1-3H3. The largest absolute Gasteiger partial charge is 0.322 e. The van der Waals surface area contributed by atoms with Crippen LogP contribution in [0.5, 0.6) is 0 Å². The summed E-state index contributed by atoms with van der Waals surface area (Å²) in [4.78, 5) is 9.42. The number of piperidine rings is 1. The third kappa shape index (κ3) is 4.53. The molecule has 2 heterocycles. The monoisotopic (exact) mass is 282 g/mol. The zero-order valence-electron chi connectivity index (χ0n) is 12.3. The molecule has 0 bridgehead atoms.